The second-order valence-electron chi connectivity index (χ2n) is 5.15. The summed E-state index contributed by atoms with van der Waals surface area (Å²) in [5.74, 6) is -0.134. The van der Waals surface area contributed by atoms with E-state index in [0.717, 1.165) is 0 Å². The molecule has 0 saturated carbocycles. The number of carbonyl (C=O) groups excluding carboxylic acids is 1. The summed E-state index contributed by atoms with van der Waals surface area (Å²) in [6, 6.07) is 11.8. The average Bonchev–Trinajstić information content (AvgIpc) is 2.56. The van der Waals surface area contributed by atoms with Gasteiger partial charge in [-0.15, -0.1) is 0 Å². The maximum absolute atomic E-state index is 12.5. The monoisotopic (exact) mass is 325 g/mol. The van der Waals surface area contributed by atoms with Crippen molar-refractivity contribution in [3.05, 3.63) is 58.8 Å². The van der Waals surface area contributed by atoms with Crippen LogP contribution in [0.1, 0.15) is 6.92 Å². The van der Waals surface area contributed by atoms with Gasteiger partial charge in [-0.1, -0.05) is 6.07 Å². The van der Waals surface area contributed by atoms with E-state index >= 15 is 0 Å². The first-order chi connectivity index (χ1) is 11.5. The third-order valence-electron chi connectivity index (χ3n) is 3.63. The molecule has 0 fully saturated rings. The molecule has 0 atom stereocenters. The van der Waals surface area contributed by atoms with Crippen molar-refractivity contribution >= 4 is 17.0 Å². The van der Waals surface area contributed by atoms with Crippen molar-refractivity contribution in [2.24, 2.45) is 0 Å². The second kappa shape index (κ2) is 6.08. The lowest BCUT2D eigenvalue weighted by atomic mass is 10.1. The van der Waals surface area contributed by atoms with Crippen molar-refractivity contribution < 1.29 is 19.7 Å². The lowest BCUT2D eigenvalue weighted by molar-refractivity contribution is 0.155. The van der Waals surface area contributed by atoms with Crippen molar-refractivity contribution in [2.45, 2.75) is 6.92 Å². The van der Waals surface area contributed by atoms with Gasteiger partial charge in [-0.2, -0.15) is 0 Å². The molecule has 3 aromatic rings. The van der Waals surface area contributed by atoms with Crippen LogP contribution in [0.25, 0.3) is 22.2 Å². The lowest BCUT2D eigenvalue weighted by Crippen LogP contribution is -2.20. The number of fused-ring (bicyclic) bond motifs is 1. The number of carbonyl (C=O) groups is 1. The molecule has 0 radical (unpaired) electrons. The van der Waals surface area contributed by atoms with Gasteiger partial charge in [-0.05, 0) is 48.9 Å². The van der Waals surface area contributed by atoms with E-state index in [9.17, 15) is 19.8 Å². The smallest absolute Gasteiger partial charge is 0.419 e. The highest BCUT2D eigenvalue weighted by Gasteiger charge is 2.19. The van der Waals surface area contributed by atoms with Crippen LogP contribution in [-0.2, 0) is 4.74 Å². The second-order valence-corrected chi connectivity index (χ2v) is 5.15. The van der Waals surface area contributed by atoms with Crippen molar-refractivity contribution in [3.8, 4) is 22.8 Å². The minimum absolute atomic E-state index is 0.0624. The van der Waals surface area contributed by atoms with Crippen molar-refractivity contribution in [1.29, 1.82) is 0 Å². The van der Waals surface area contributed by atoms with E-state index < -0.39 is 6.09 Å². The summed E-state index contributed by atoms with van der Waals surface area (Å²) in [5, 5.41) is 19.9. The fourth-order valence-corrected chi connectivity index (χ4v) is 2.57. The third kappa shape index (κ3) is 2.58. The van der Waals surface area contributed by atoms with E-state index in [4.69, 9.17) is 4.74 Å². The van der Waals surface area contributed by atoms with Crippen LogP contribution in [-0.4, -0.2) is 27.5 Å². The highest BCUT2D eigenvalue weighted by molar-refractivity contribution is 5.95. The van der Waals surface area contributed by atoms with Crippen molar-refractivity contribution in [1.82, 2.24) is 4.57 Å². The van der Waals surface area contributed by atoms with E-state index in [-0.39, 0.29) is 40.1 Å². The summed E-state index contributed by atoms with van der Waals surface area (Å²) < 4.78 is 6.25. The number of rotatable bonds is 2. The molecule has 1 aromatic heterocycles. The summed E-state index contributed by atoms with van der Waals surface area (Å²) in [7, 11) is 0. The number of para-hydroxylation sites is 1. The Balaban J connectivity index is 2.42. The number of aromatic hydroxyl groups is 2. The zero-order valence-corrected chi connectivity index (χ0v) is 12.9. The number of pyridine rings is 1. The molecule has 0 aliphatic carbocycles. The first-order valence-corrected chi connectivity index (χ1v) is 7.37. The normalized spacial score (nSPS) is 10.7. The average molecular weight is 325 g/mol. The number of aromatic nitrogens is 1. The largest absolute Gasteiger partial charge is 0.508 e. The molecular weight excluding hydrogens is 310 g/mol. The number of hydrogen-bond acceptors (Lipinski definition) is 5. The minimum Gasteiger partial charge on any atom is -0.508 e. The van der Waals surface area contributed by atoms with Gasteiger partial charge in [-0.25, -0.2) is 9.36 Å². The van der Waals surface area contributed by atoms with E-state index in [1.807, 2.05) is 0 Å². The summed E-state index contributed by atoms with van der Waals surface area (Å²) in [5.41, 5.74) is 0.562. The number of nitrogens with zero attached hydrogens (tertiary/aromatic N) is 1. The Kier molecular flexibility index (Phi) is 3.95. The Morgan fingerprint density at radius 3 is 2.50 bits per heavy atom. The predicted molar refractivity (Wildman–Crippen MR) is 89.4 cm³/mol. The Morgan fingerprint density at radius 2 is 1.83 bits per heavy atom. The molecular formula is C18H15NO5. The Hall–Kier alpha value is -3.28. The number of benzene rings is 2. The highest BCUT2D eigenvalue weighted by atomic mass is 16.5. The first-order valence-electron chi connectivity index (χ1n) is 7.37. The Morgan fingerprint density at radius 1 is 1.12 bits per heavy atom. The van der Waals surface area contributed by atoms with Crippen LogP contribution in [0.3, 0.4) is 0 Å². The predicted octanol–water partition coefficient (Wildman–Crippen LogP) is 3.08. The van der Waals surface area contributed by atoms with Gasteiger partial charge in [-0.3, -0.25) is 4.79 Å². The van der Waals surface area contributed by atoms with Crippen LogP contribution >= 0.6 is 0 Å². The summed E-state index contributed by atoms with van der Waals surface area (Å²) in [6.07, 6.45) is -0.702. The number of phenolic OH excluding ortho intramolecular Hbond substituents is 2. The molecule has 1 heterocycles. The maximum atomic E-state index is 12.5. The first kappa shape index (κ1) is 15.6. The molecule has 6 nitrogen and oxygen atoms in total. The lowest BCUT2D eigenvalue weighted by Gasteiger charge is -2.16. The van der Waals surface area contributed by atoms with E-state index in [1.165, 1.54) is 41.0 Å². The maximum Gasteiger partial charge on any atom is 0.419 e. The van der Waals surface area contributed by atoms with Gasteiger partial charge >= 0.3 is 6.09 Å². The van der Waals surface area contributed by atoms with Crippen molar-refractivity contribution in [2.75, 3.05) is 6.61 Å². The highest BCUT2D eigenvalue weighted by Crippen LogP contribution is 2.29. The van der Waals surface area contributed by atoms with Gasteiger partial charge in [0.1, 0.15) is 17.0 Å². The Labute approximate surface area is 137 Å². The van der Waals surface area contributed by atoms with Crippen LogP contribution in [0.15, 0.2) is 53.3 Å². The van der Waals surface area contributed by atoms with Crippen LogP contribution in [0, 0.1) is 0 Å². The van der Waals surface area contributed by atoms with Crippen LogP contribution < -0.4 is 5.43 Å². The van der Waals surface area contributed by atoms with Gasteiger partial charge in [0.25, 0.3) is 0 Å². The third-order valence-corrected chi connectivity index (χ3v) is 3.63. The Bertz CT molecular complexity index is 973. The topological polar surface area (TPSA) is 88.8 Å². The zero-order chi connectivity index (χ0) is 17.3. The number of ether oxygens (including phenoxy) is 1. The van der Waals surface area contributed by atoms with Gasteiger partial charge < -0.3 is 14.9 Å². The van der Waals surface area contributed by atoms with Gasteiger partial charge in [0.05, 0.1) is 17.7 Å². The summed E-state index contributed by atoms with van der Waals surface area (Å²) in [4.78, 5) is 24.9. The molecule has 0 spiro atoms. The van der Waals surface area contributed by atoms with Gasteiger partial charge in [0.15, 0.2) is 5.43 Å². The minimum atomic E-state index is -0.702. The fraction of sp³-hybridized carbons (Fsp3) is 0.111. The molecule has 6 heteroatoms. The summed E-state index contributed by atoms with van der Waals surface area (Å²) >= 11 is 0. The number of hydrogen-bond donors (Lipinski definition) is 2. The van der Waals surface area contributed by atoms with Crippen molar-refractivity contribution in [3.63, 3.8) is 0 Å². The standard InChI is InChI=1S/C18H15NO5/c1-2-24-18(23)19-14(11-6-8-12(20)9-7-11)10-16(22)13-4-3-5-15(21)17(13)19/h3-10,20-21H,2H2,1H3. The molecule has 2 N–H and O–H groups in total. The summed E-state index contributed by atoms with van der Waals surface area (Å²) in [6.45, 7) is 1.82. The quantitative estimate of drug-likeness (QED) is 0.756. The van der Waals surface area contributed by atoms with Crippen LogP contribution in [0.5, 0.6) is 11.5 Å². The molecule has 0 aliphatic heterocycles. The van der Waals surface area contributed by atoms with Crippen LogP contribution in [0.2, 0.25) is 0 Å². The van der Waals surface area contributed by atoms with Gasteiger partial charge in [0.2, 0.25) is 0 Å². The molecule has 0 unspecified atom stereocenters. The zero-order valence-electron chi connectivity index (χ0n) is 12.9. The van der Waals surface area contributed by atoms with E-state index in [1.54, 1.807) is 19.1 Å². The molecule has 0 bridgehead atoms. The fourth-order valence-electron chi connectivity index (χ4n) is 2.57. The van der Waals surface area contributed by atoms with Crippen LogP contribution in [0.4, 0.5) is 4.79 Å². The molecule has 24 heavy (non-hydrogen) atoms. The molecule has 0 amide bonds. The number of phenols is 2. The van der Waals surface area contributed by atoms with E-state index in [0.29, 0.717) is 5.56 Å². The molecule has 3 rings (SSSR count). The SMILES string of the molecule is CCOC(=O)n1c(-c2ccc(O)cc2)cc(=O)c2cccc(O)c21. The van der Waals surface area contributed by atoms with Gasteiger partial charge in [0, 0.05) is 6.07 Å². The van der Waals surface area contributed by atoms with E-state index in [2.05, 4.69) is 0 Å². The molecule has 122 valence electrons. The molecule has 0 saturated heterocycles. The molecule has 0 aliphatic rings. The molecule has 2 aromatic carbocycles.